The maximum Gasteiger partial charge on any atom is 0.435 e. The number of aromatic nitrogens is 5. The fourth-order valence-electron chi connectivity index (χ4n) is 2.98. The molecule has 0 aliphatic rings. The lowest BCUT2D eigenvalue weighted by Crippen LogP contribution is -2.09. The maximum atomic E-state index is 13.5. The van der Waals surface area contributed by atoms with Gasteiger partial charge >= 0.3 is 6.18 Å². The fraction of sp³-hybridized carbons (Fsp3) is 0.150. The molecule has 4 rings (SSSR count). The molecule has 10 heteroatoms. The third-order valence-corrected chi connectivity index (χ3v) is 5.48. The minimum absolute atomic E-state index is 0.0789. The summed E-state index contributed by atoms with van der Waals surface area (Å²) in [5.74, 6) is 0.611. The number of aryl methyl sites for hydroxylation is 1. The normalized spacial score (nSPS) is 11.8. The van der Waals surface area contributed by atoms with Crippen LogP contribution in [0.4, 0.5) is 13.2 Å². The highest BCUT2D eigenvalue weighted by Gasteiger charge is 2.39. The van der Waals surface area contributed by atoms with E-state index in [-0.39, 0.29) is 11.4 Å². The predicted molar refractivity (Wildman–Crippen MR) is 110 cm³/mol. The van der Waals surface area contributed by atoms with Crippen LogP contribution in [0.25, 0.3) is 17.1 Å². The smallest absolute Gasteiger partial charge is 0.274 e. The summed E-state index contributed by atoms with van der Waals surface area (Å²) in [7, 11) is 1.44. The summed E-state index contributed by atoms with van der Waals surface area (Å²) in [6.45, 7) is 0. The van der Waals surface area contributed by atoms with Gasteiger partial charge in [-0.2, -0.15) is 18.3 Å². The first kappa shape index (κ1) is 20.5. The van der Waals surface area contributed by atoms with Crippen LogP contribution in [0.15, 0.2) is 66.0 Å². The maximum absolute atomic E-state index is 13.5. The molecule has 0 radical (unpaired) electrons. The Morgan fingerprint density at radius 3 is 2.50 bits per heavy atom. The summed E-state index contributed by atoms with van der Waals surface area (Å²) in [5.41, 5.74) is 0.494. The Kier molecular flexibility index (Phi) is 5.57. The van der Waals surface area contributed by atoms with Gasteiger partial charge in [-0.05, 0) is 29.8 Å². The molecular weight excluding hydrogens is 435 g/mol. The average molecular weight is 450 g/mol. The molecule has 154 valence electrons. The van der Waals surface area contributed by atoms with Crippen LogP contribution in [-0.4, -0.2) is 24.5 Å². The molecule has 2 aromatic heterocycles. The highest BCUT2D eigenvalue weighted by Crippen LogP contribution is 2.37. The molecule has 0 bridgehead atoms. The molecule has 4 aromatic rings. The number of rotatable bonds is 5. The summed E-state index contributed by atoms with van der Waals surface area (Å²) < 4.78 is 43.4. The van der Waals surface area contributed by atoms with E-state index >= 15 is 0 Å². The minimum Gasteiger partial charge on any atom is -0.274 e. The van der Waals surface area contributed by atoms with Gasteiger partial charge in [-0.25, -0.2) is 0 Å². The Morgan fingerprint density at radius 1 is 1.03 bits per heavy atom. The second-order valence-electron chi connectivity index (χ2n) is 6.46. The Labute approximate surface area is 179 Å². The monoisotopic (exact) mass is 449 g/mol. The highest BCUT2D eigenvalue weighted by atomic mass is 35.5. The number of benzene rings is 2. The van der Waals surface area contributed by atoms with E-state index in [4.69, 9.17) is 11.6 Å². The largest absolute Gasteiger partial charge is 0.435 e. The molecule has 0 spiro atoms. The molecular formula is C20H15ClF3N5S. The van der Waals surface area contributed by atoms with Crippen molar-refractivity contribution in [2.75, 3.05) is 0 Å². The first-order chi connectivity index (χ1) is 14.3. The number of nitrogens with zero attached hydrogens (tertiary/aromatic N) is 5. The van der Waals surface area contributed by atoms with Crippen LogP contribution in [0, 0.1) is 0 Å². The molecule has 0 N–H and O–H groups in total. The lowest BCUT2D eigenvalue weighted by molar-refractivity contribution is -0.141. The summed E-state index contributed by atoms with van der Waals surface area (Å²) in [5, 5.41) is 12.9. The molecule has 0 aliphatic carbocycles. The predicted octanol–water partition coefficient (Wildman–Crippen LogP) is 5.63. The average Bonchev–Trinajstić information content (AvgIpc) is 3.30. The molecule has 2 aromatic carbocycles. The van der Waals surface area contributed by atoms with Gasteiger partial charge in [0.2, 0.25) is 0 Å². The summed E-state index contributed by atoms with van der Waals surface area (Å²) in [4.78, 5) is 0. The second kappa shape index (κ2) is 8.16. The molecule has 2 heterocycles. The standard InChI is InChI=1S/C20H15ClF3N5S/c1-28-11-16(17(27-28)20(22,23)24)18-25-26-19(29(18)15-8-3-2-4-9-15)30-12-13-6-5-7-14(21)10-13/h2-11H,12H2,1H3. The Hall–Kier alpha value is -2.78. The van der Waals surface area contributed by atoms with Crippen molar-refractivity contribution < 1.29 is 13.2 Å². The van der Waals surface area contributed by atoms with E-state index in [0.29, 0.717) is 21.6 Å². The second-order valence-corrected chi connectivity index (χ2v) is 7.84. The van der Waals surface area contributed by atoms with Gasteiger partial charge in [0.05, 0.1) is 5.56 Å². The van der Waals surface area contributed by atoms with E-state index in [0.717, 1.165) is 10.2 Å². The van der Waals surface area contributed by atoms with Crippen molar-refractivity contribution in [2.24, 2.45) is 7.05 Å². The molecule has 0 amide bonds. The van der Waals surface area contributed by atoms with Crippen LogP contribution in [0.3, 0.4) is 0 Å². The zero-order valence-corrected chi connectivity index (χ0v) is 17.2. The third-order valence-electron chi connectivity index (χ3n) is 4.24. The van der Waals surface area contributed by atoms with E-state index in [1.807, 2.05) is 24.3 Å². The number of alkyl halides is 3. The lowest BCUT2D eigenvalue weighted by Gasteiger charge is -2.11. The van der Waals surface area contributed by atoms with Crippen LogP contribution in [0.5, 0.6) is 0 Å². The van der Waals surface area contributed by atoms with Gasteiger partial charge < -0.3 is 0 Å². The van der Waals surface area contributed by atoms with Crippen molar-refractivity contribution >= 4 is 23.4 Å². The topological polar surface area (TPSA) is 48.5 Å². The molecule has 0 saturated heterocycles. The van der Waals surface area contributed by atoms with E-state index in [2.05, 4.69) is 15.3 Å². The van der Waals surface area contributed by atoms with E-state index in [1.165, 1.54) is 25.0 Å². The molecule has 30 heavy (non-hydrogen) atoms. The highest BCUT2D eigenvalue weighted by molar-refractivity contribution is 7.98. The van der Waals surface area contributed by atoms with Gasteiger partial charge in [0.1, 0.15) is 0 Å². The van der Waals surface area contributed by atoms with Crippen molar-refractivity contribution in [1.29, 1.82) is 0 Å². The van der Waals surface area contributed by atoms with E-state index in [9.17, 15) is 13.2 Å². The zero-order chi connectivity index (χ0) is 21.3. The molecule has 5 nitrogen and oxygen atoms in total. The zero-order valence-electron chi connectivity index (χ0n) is 15.6. The first-order valence-corrected chi connectivity index (χ1v) is 10.2. The summed E-state index contributed by atoms with van der Waals surface area (Å²) in [6.07, 6.45) is -3.31. The van der Waals surface area contributed by atoms with Crippen LogP contribution in [-0.2, 0) is 19.0 Å². The third kappa shape index (κ3) is 4.22. The number of hydrogen-bond acceptors (Lipinski definition) is 4. The van der Waals surface area contributed by atoms with Crippen molar-refractivity contribution in [3.63, 3.8) is 0 Å². The number of hydrogen-bond donors (Lipinski definition) is 0. The molecule has 0 atom stereocenters. The Morgan fingerprint density at radius 2 is 1.80 bits per heavy atom. The van der Waals surface area contributed by atoms with Crippen molar-refractivity contribution in [2.45, 2.75) is 17.1 Å². The lowest BCUT2D eigenvalue weighted by atomic mass is 10.2. The molecule has 0 fully saturated rings. The SMILES string of the molecule is Cn1cc(-c2nnc(SCc3cccc(Cl)c3)n2-c2ccccc2)c(C(F)(F)F)n1. The molecule has 0 aliphatic heterocycles. The van der Waals surface area contributed by atoms with E-state index < -0.39 is 11.9 Å². The number of halogens is 4. The molecule has 0 saturated carbocycles. The fourth-order valence-corrected chi connectivity index (χ4v) is 4.09. The van der Waals surface area contributed by atoms with Gasteiger partial charge in [0.25, 0.3) is 0 Å². The number of para-hydroxylation sites is 1. The summed E-state index contributed by atoms with van der Waals surface area (Å²) >= 11 is 7.40. The minimum atomic E-state index is -4.61. The van der Waals surface area contributed by atoms with Gasteiger partial charge in [-0.15, -0.1) is 10.2 Å². The number of thioether (sulfide) groups is 1. The van der Waals surface area contributed by atoms with Crippen molar-refractivity contribution in [3.8, 4) is 17.1 Å². The van der Waals surface area contributed by atoms with Crippen molar-refractivity contribution in [3.05, 3.63) is 77.1 Å². The Bertz CT molecular complexity index is 1170. The van der Waals surface area contributed by atoms with E-state index in [1.54, 1.807) is 34.9 Å². The van der Waals surface area contributed by atoms with Gasteiger partial charge in [0.15, 0.2) is 16.7 Å². The van der Waals surface area contributed by atoms with Gasteiger partial charge in [-0.1, -0.05) is 53.7 Å². The van der Waals surface area contributed by atoms with Crippen LogP contribution in [0.2, 0.25) is 5.02 Å². The van der Waals surface area contributed by atoms with Crippen LogP contribution >= 0.6 is 23.4 Å². The molecule has 0 unspecified atom stereocenters. The quantitative estimate of drug-likeness (QED) is 0.370. The first-order valence-electron chi connectivity index (χ1n) is 8.82. The van der Waals surface area contributed by atoms with Crippen LogP contribution in [0.1, 0.15) is 11.3 Å². The van der Waals surface area contributed by atoms with Gasteiger partial charge in [0, 0.05) is 29.7 Å². The van der Waals surface area contributed by atoms with Crippen LogP contribution < -0.4 is 0 Å². The summed E-state index contributed by atoms with van der Waals surface area (Å²) in [6, 6.07) is 16.4. The Balaban J connectivity index is 1.79. The van der Waals surface area contributed by atoms with Gasteiger partial charge in [-0.3, -0.25) is 9.25 Å². The van der Waals surface area contributed by atoms with Crippen molar-refractivity contribution in [1.82, 2.24) is 24.5 Å².